The number of hydrogen-bond donors (Lipinski definition) is 0. The van der Waals surface area contributed by atoms with Crippen LogP contribution in [0.4, 0.5) is 0 Å². The van der Waals surface area contributed by atoms with Gasteiger partial charge in [-0.3, -0.25) is 4.79 Å². The molecule has 0 amide bonds. The second-order valence-corrected chi connectivity index (χ2v) is 4.47. The Hall–Kier alpha value is -0.370. The molecule has 0 aliphatic carbocycles. The van der Waals surface area contributed by atoms with E-state index in [2.05, 4.69) is 13.8 Å². The number of unbranched alkanes of at least 4 members (excludes halogenated alkanes) is 4. The van der Waals surface area contributed by atoms with Gasteiger partial charge >= 0.3 is 0 Å². The normalized spacial score (nSPS) is 12.7. The first-order valence-electron chi connectivity index (χ1n) is 6.21. The highest BCUT2D eigenvalue weighted by Crippen LogP contribution is 2.10. The van der Waals surface area contributed by atoms with Gasteiger partial charge in [-0.25, -0.2) is 0 Å². The molecule has 0 saturated heterocycles. The molecular formula is C13H26O2. The van der Waals surface area contributed by atoms with E-state index in [-0.39, 0.29) is 0 Å². The number of ether oxygens (including phenoxy) is 1. The molecule has 15 heavy (non-hydrogen) atoms. The van der Waals surface area contributed by atoms with Gasteiger partial charge < -0.3 is 4.74 Å². The number of Topliss-reactive ketones (excluding diaryl/α,β-unsaturated/α-hetero) is 1. The number of ketones is 1. The van der Waals surface area contributed by atoms with E-state index in [0.717, 1.165) is 12.8 Å². The lowest BCUT2D eigenvalue weighted by molar-refractivity contribution is -0.120. The Morgan fingerprint density at radius 2 is 1.87 bits per heavy atom. The van der Waals surface area contributed by atoms with Gasteiger partial charge in [0.05, 0.1) is 0 Å². The summed E-state index contributed by atoms with van der Waals surface area (Å²) in [6.45, 7) is 4.97. The maximum Gasteiger partial charge on any atom is 0.133 e. The molecule has 0 bridgehead atoms. The Balaban J connectivity index is 3.32. The number of methoxy groups -OCH3 is 1. The van der Waals surface area contributed by atoms with Gasteiger partial charge in [-0.1, -0.05) is 39.5 Å². The first-order chi connectivity index (χ1) is 7.20. The van der Waals surface area contributed by atoms with Crippen LogP contribution >= 0.6 is 0 Å². The van der Waals surface area contributed by atoms with E-state index in [4.69, 9.17) is 4.74 Å². The van der Waals surface area contributed by atoms with Crippen LogP contribution in [0.5, 0.6) is 0 Å². The van der Waals surface area contributed by atoms with E-state index in [1.54, 1.807) is 7.11 Å². The minimum absolute atomic E-state index is 0.373. The van der Waals surface area contributed by atoms with Crippen molar-refractivity contribution < 1.29 is 9.53 Å². The molecule has 0 aliphatic heterocycles. The molecule has 0 heterocycles. The lowest BCUT2D eigenvalue weighted by atomic mass is 10.0. The average Bonchev–Trinajstić information content (AvgIpc) is 2.17. The minimum Gasteiger partial charge on any atom is -0.384 e. The predicted molar refractivity (Wildman–Crippen MR) is 64.0 cm³/mol. The minimum atomic E-state index is 0.373. The Labute approximate surface area is 94.4 Å². The summed E-state index contributed by atoms with van der Waals surface area (Å²) in [5, 5.41) is 0. The van der Waals surface area contributed by atoms with Crippen molar-refractivity contribution in [3.63, 3.8) is 0 Å². The van der Waals surface area contributed by atoms with Crippen LogP contribution in [0.25, 0.3) is 0 Å². The van der Waals surface area contributed by atoms with Gasteiger partial charge in [-0.15, -0.1) is 0 Å². The second-order valence-electron chi connectivity index (χ2n) is 4.47. The van der Waals surface area contributed by atoms with Crippen LogP contribution in [0.2, 0.25) is 0 Å². The summed E-state index contributed by atoms with van der Waals surface area (Å²) in [4.78, 5) is 11.5. The fourth-order valence-electron chi connectivity index (χ4n) is 1.76. The van der Waals surface area contributed by atoms with Gasteiger partial charge in [0, 0.05) is 26.6 Å². The third-order valence-electron chi connectivity index (χ3n) is 2.59. The molecule has 0 spiro atoms. The summed E-state index contributed by atoms with van der Waals surface area (Å²) < 4.78 is 5.01. The van der Waals surface area contributed by atoms with Crippen LogP contribution < -0.4 is 0 Å². The van der Waals surface area contributed by atoms with Crippen LogP contribution in [0.1, 0.15) is 58.8 Å². The van der Waals surface area contributed by atoms with Crippen molar-refractivity contribution >= 4 is 5.78 Å². The van der Waals surface area contributed by atoms with Crippen LogP contribution in [-0.4, -0.2) is 19.5 Å². The predicted octanol–water partition coefficient (Wildman–Crippen LogP) is 3.59. The van der Waals surface area contributed by atoms with Crippen molar-refractivity contribution in [2.24, 2.45) is 5.92 Å². The molecule has 0 aliphatic rings. The summed E-state index contributed by atoms with van der Waals surface area (Å²) in [6, 6.07) is 0. The van der Waals surface area contributed by atoms with Gasteiger partial charge in [0.1, 0.15) is 5.78 Å². The second kappa shape index (κ2) is 10.2. The molecule has 0 aromatic rings. The zero-order valence-corrected chi connectivity index (χ0v) is 10.6. The molecule has 0 rings (SSSR count). The summed E-state index contributed by atoms with van der Waals surface area (Å²) in [5.41, 5.74) is 0. The van der Waals surface area contributed by atoms with E-state index < -0.39 is 0 Å². The van der Waals surface area contributed by atoms with Gasteiger partial charge in [-0.2, -0.15) is 0 Å². The molecule has 0 aromatic carbocycles. The molecule has 1 atom stereocenters. The molecule has 0 N–H and O–H groups in total. The number of hydrogen-bond acceptors (Lipinski definition) is 2. The van der Waals surface area contributed by atoms with Crippen molar-refractivity contribution in [1.82, 2.24) is 0 Å². The highest BCUT2D eigenvalue weighted by atomic mass is 16.5. The molecular weight excluding hydrogens is 188 g/mol. The molecule has 0 radical (unpaired) electrons. The Kier molecular flexibility index (Phi) is 9.91. The SMILES string of the molecule is CCCCCCCC(=O)CC(C)COC. The summed E-state index contributed by atoms with van der Waals surface area (Å²) >= 11 is 0. The van der Waals surface area contributed by atoms with Gasteiger partial charge in [0.25, 0.3) is 0 Å². The van der Waals surface area contributed by atoms with E-state index in [1.807, 2.05) is 0 Å². The van der Waals surface area contributed by atoms with Crippen molar-refractivity contribution in [3.8, 4) is 0 Å². The first kappa shape index (κ1) is 14.6. The van der Waals surface area contributed by atoms with Crippen LogP contribution in [0, 0.1) is 5.92 Å². The zero-order chi connectivity index (χ0) is 11.5. The van der Waals surface area contributed by atoms with Crippen LogP contribution in [-0.2, 0) is 9.53 Å². The Morgan fingerprint density at radius 1 is 1.20 bits per heavy atom. The quantitative estimate of drug-likeness (QED) is 0.519. The van der Waals surface area contributed by atoms with E-state index in [1.165, 1.54) is 25.7 Å². The van der Waals surface area contributed by atoms with E-state index in [9.17, 15) is 4.79 Å². The monoisotopic (exact) mass is 214 g/mol. The largest absolute Gasteiger partial charge is 0.384 e. The smallest absolute Gasteiger partial charge is 0.133 e. The molecule has 2 heteroatoms. The van der Waals surface area contributed by atoms with Crippen molar-refractivity contribution in [2.45, 2.75) is 58.8 Å². The average molecular weight is 214 g/mol. The van der Waals surface area contributed by atoms with Crippen molar-refractivity contribution in [2.75, 3.05) is 13.7 Å². The Morgan fingerprint density at radius 3 is 2.47 bits per heavy atom. The van der Waals surface area contributed by atoms with Gasteiger partial charge in [0.15, 0.2) is 0 Å². The summed E-state index contributed by atoms with van der Waals surface area (Å²) in [7, 11) is 1.69. The van der Waals surface area contributed by atoms with Gasteiger partial charge in [0.2, 0.25) is 0 Å². The number of rotatable bonds is 10. The number of carbonyl (C=O) groups excluding carboxylic acids is 1. The fourth-order valence-corrected chi connectivity index (χ4v) is 1.76. The molecule has 0 saturated carbocycles. The first-order valence-corrected chi connectivity index (χ1v) is 6.21. The van der Waals surface area contributed by atoms with Crippen molar-refractivity contribution in [1.29, 1.82) is 0 Å². The summed E-state index contributed by atoms with van der Waals surface area (Å²) in [5.74, 6) is 0.772. The fraction of sp³-hybridized carbons (Fsp3) is 0.923. The molecule has 0 fully saturated rings. The topological polar surface area (TPSA) is 26.3 Å². The highest BCUT2D eigenvalue weighted by Gasteiger charge is 2.08. The van der Waals surface area contributed by atoms with E-state index >= 15 is 0 Å². The molecule has 90 valence electrons. The van der Waals surface area contributed by atoms with Crippen LogP contribution in [0.15, 0.2) is 0 Å². The Bertz CT molecular complexity index is 155. The van der Waals surface area contributed by atoms with Crippen molar-refractivity contribution in [3.05, 3.63) is 0 Å². The van der Waals surface area contributed by atoms with E-state index in [0.29, 0.717) is 24.7 Å². The lowest BCUT2D eigenvalue weighted by Gasteiger charge is -2.08. The standard InChI is InChI=1S/C13H26O2/c1-4-5-6-7-8-9-13(14)10-12(2)11-15-3/h12H,4-11H2,1-3H3. The maximum atomic E-state index is 11.5. The molecule has 2 nitrogen and oxygen atoms in total. The number of carbonyl (C=O) groups is 1. The summed E-state index contributed by atoms with van der Waals surface area (Å²) in [6.07, 6.45) is 7.56. The third-order valence-corrected chi connectivity index (χ3v) is 2.59. The molecule has 0 aromatic heterocycles. The lowest BCUT2D eigenvalue weighted by Crippen LogP contribution is -2.10. The maximum absolute atomic E-state index is 11.5. The zero-order valence-electron chi connectivity index (χ0n) is 10.6. The molecule has 1 unspecified atom stereocenters. The third kappa shape index (κ3) is 9.92. The van der Waals surface area contributed by atoms with Gasteiger partial charge in [-0.05, 0) is 12.3 Å². The highest BCUT2D eigenvalue weighted by molar-refractivity contribution is 5.78. The van der Waals surface area contributed by atoms with Crippen LogP contribution in [0.3, 0.4) is 0 Å².